The monoisotopic (exact) mass is 282 g/mol. The van der Waals surface area contributed by atoms with Crippen LogP contribution in [0.2, 0.25) is 0 Å². The fourth-order valence-electron chi connectivity index (χ4n) is 1.01. The highest BCUT2D eigenvalue weighted by atomic mass is 127. The Morgan fingerprint density at radius 1 is 1.45 bits per heavy atom. The van der Waals surface area contributed by atoms with E-state index in [1.54, 1.807) is 11.3 Å². The summed E-state index contributed by atoms with van der Waals surface area (Å²) in [7, 11) is 0. The van der Waals surface area contributed by atoms with Crippen molar-refractivity contribution in [2.45, 2.75) is 6.29 Å². The molecule has 0 saturated carbocycles. The molecule has 0 bridgehead atoms. The predicted molar refractivity (Wildman–Crippen MR) is 51.7 cm³/mol. The van der Waals surface area contributed by atoms with E-state index in [0.717, 1.165) is 13.2 Å². The highest BCUT2D eigenvalue weighted by Gasteiger charge is 2.20. The zero-order chi connectivity index (χ0) is 7.68. The molecule has 1 fully saturated rings. The molecule has 0 atom stereocenters. The van der Waals surface area contributed by atoms with Gasteiger partial charge < -0.3 is 9.47 Å². The minimum absolute atomic E-state index is 0.104. The molecule has 0 radical (unpaired) electrons. The van der Waals surface area contributed by atoms with Crippen LogP contribution in [0, 0.1) is 2.88 Å². The number of halogens is 1. The SMILES string of the molecule is Ic1sccc1C1OCCO1. The van der Waals surface area contributed by atoms with Gasteiger partial charge in [-0.15, -0.1) is 11.3 Å². The van der Waals surface area contributed by atoms with Crippen LogP contribution in [0.4, 0.5) is 0 Å². The summed E-state index contributed by atoms with van der Waals surface area (Å²) < 4.78 is 12.0. The fourth-order valence-corrected chi connectivity index (χ4v) is 2.52. The number of ether oxygens (including phenoxy) is 2. The lowest BCUT2D eigenvalue weighted by molar-refractivity contribution is -0.0443. The highest BCUT2D eigenvalue weighted by molar-refractivity contribution is 14.1. The first-order valence-electron chi connectivity index (χ1n) is 3.34. The van der Waals surface area contributed by atoms with Crippen molar-refractivity contribution >= 4 is 33.9 Å². The van der Waals surface area contributed by atoms with E-state index in [0.29, 0.717) is 0 Å². The molecule has 0 aliphatic carbocycles. The molecule has 1 aliphatic heterocycles. The zero-order valence-electron chi connectivity index (χ0n) is 5.75. The van der Waals surface area contributed by atoms with E-state index in [9.17, 15) is 0 Å². The van der Waals surface area contributed by atoms with Gasteiger partial charge in [-0.2, -0.15) is 0 Å². The minimum atomic E-state index is -0.104. The van der Waals surface area contributed by atoms with Crippen molar-refractivity contribution in [3.63, 3.8) is 0 Å². The summed E-state index contributed by atoms with van der Waals surface area (Å²) in [5.41, 5.74) is 1.17. The lowest BCUT2D eigenvalue weighted by Gasteiger charge is -2.06. The molecule has 2 nitrogen and oxygen atoms in total. The second kappa shape index (κ2) is 3.38. The van der Waals surface area contributed by atoms with Gasteiger partial charge in [0.05, 0.1) is 16.1 Å². The number of thiophene rings is 1. The number of rotatable bonds is 1. The molecule has 0 N–H and O–H groups in total. The molecule has 11 heavy (non-hydrogen) atoms. The first-order chi connectivity index (χ1) is 5.38. The lowest BCUT2D eigenvalue weighted by atomic mass is 10.3. The molecule has 1 aliphatic rings. The van der Waals surface area contributed by atoms with Gasteiger partial charge in [-0.3, -0.25) is 0 Å². The summed E-state index contributed by atoms with van der Waals surface area (Å²) in [6.45, 7) is 1.44. The van der Waals surface area contributed by atoms with Crippen LogP contribution < -0.4 is 0 Å². The second-order valence-corrected chi connectivity index (χ2v) is 4.95. The molecular formula is C7H7IO2S. The maximum Gasteiger partial charge on any atom is 0.185 e. The molecular weight excluding hydrogens is 275 g/mol. The van der Waals surface area contributed by atoms with Gasteiger partial charge in [-0.25, -0.2) is 0 Å². The van der Waals surface area contributed by atoms with Crippen molar-refractivity contribution in [2.24, 2.45) is 0 Å². The van der Waals surface area contributed by atoms with E-state index in [1.165, 1.54) is 8.45 Å². The van der Waals surface area contributed by atoms with E-state index in [1.807, 2.05) is 0 Å². The topological polar surface area (TPSA) is 18.5 Å². The van der Waals surface area contributed by atoms with Crippen molar-refractivity contribution in [1.29, 1.82) is 0 Å². The normalized spacial score (nSPS) is 19.4. The van der Waals surface area contributed by atoms with E-state index in [2.05, 4.69) is 34.0 Å². The summed E-state index contributed by atoms with van der Waals surface area (Å²) in [4.78, 5) is 0. The van der Waals surface area contributed by atoms with Gasteiger partial charge in [0.2, 0.25) is 0 Å². The lowest BCUT2D eigenvalue weighted by Crippen LogP contribution is -1.96. The zero-order valence-corrected chi connectivity index (χ0v) is 8.72. The number of hydrogen-bond donors (Lipinski definition) is 0. The third kappa shape index (κ3) is 1.58. The van der Waals surface area contributed by atoms with Crippen LogP contribution in [-0.2, 0) is 9.47 Å². The van der Waals surface area contributed by atoms with Gasteiger partial charge in [0.25, 0.3) is 0 Å². The van der Waals surface area contributed by atoms with Gasteiger partial charge in [-0.05, 0) is 34.0 Å². The van der Waals surface area contributed by atoms with Crippen molar-refractivity contribution in [3.8, 4) is 0 Å². The standard InChI is InChI=1S/C7H7IO2S/c8-6-5(1-4-11-6)7-9-2-3-10-7/h1,4,7H,2-3H2. The van der Waals surface area contributed by atoms with Crippen LogP contribution in [0.5, 0.6) is 0 Å². The summed E-state index contributed by atoms with van der Waals surface area (Å²) in [6, 6.07) is 2.06. The highest BCUT2D eigenvalue weighted by Crippen LogP contribution is 2.30. The van der Waals surface area contributed by atoms with Crippen molar-refractivity contribution < 1.29 is 9.47 Å². The Labute approximate surface area is 82.6 Å². The van der Waals surface area contributed by atoms with E-state index < -0.39 is 0 Å². The molecule has 2 rings (SSSR count). The van der Waals surface area contributed by atoms with Crippen LogP contribution in [0.1, 0.15) is 11.9 Å². The van der Waals surface area contributed by atoms with Gasteiger partial charge in [0.1, 0.15) is 0 Å². The molecule has 0 spiro atoms. The van der Waals surface area contributed by atoms with E-state index in [-0.39, 0.29) is 6.29 Å². The van der Waals surface area contributed by atoms with Crippen LogP contribution >= 0.6 is 33.9 Å². The Bertz CT molecular complexity index is 242. The van der Waals surface area contributed by atoms with Crippen molar-refractivity contribution in [1.82, 2.24) is 0 Å². The Kier molecular flexibility index (Phi) is 2.45. The van der Waals surface area contributed by atoms with Crippen molar-refractivity contribution in [3.05, 3.63) is 19.9 Å². The first-order valence-corrected chi connectivity index (χ1v) is 5.30. The number of hydrogen-bond acceptors (Lipinski definition) is 3. The molecule has 1 saturated heterocycles. The second-order valence-electron chi connectivity index (χ2n) is 2.22. The molecule has 60 valence electrons. The molecule has 1 aromatic rings. The van der Waals surface area contributed by atoms with E-state index >= 15 is 0 Å². The van der Waals surface area contributed by atoms with Gasteiger partial charge in [0, 0.05) is 5.56 Å². The largest absolute Gasteiger partial charge is 0.346 e. The summed E-state index contributed by atoms with van der Waals surface area (Å²) in [5, 5.41) is 2.06. The summed E-state index contributed by atoms with van der Waals surface area (Å²) in [6.07, 6.45) is -0.104. The quantitative estimate of drug-likeness (QED) is 0.736. The molecule has 1 aromatic heterocycles. The smallest absolute Gasteiger partial charge is 0.185 e. The molecule has 4 heteroatoms. The van der Waals surface area contributed by atoms with Gasteiger partial charge in [0.15, 0.2) is 6.29 Å². The third-order valence-corrected chi connectivity index (χ3v) is 3.62. The average molecular weight is 282 g/mol. The Hall–Kier alpha value is 0.350. The maximum absolute atomic E-state index is 5.36. The van der Waals surface area contributed by atoms with Crippen molar-refractivity contribution in [2.75, 3.05) is 13.2 Å². The third-order valence-electron chi connectivity index (χ3n) is 1.52. The van der Waals surface area contributed by atoms with Crippen LogP contribution in [0.3, 0.4) is 0 Å². The van der Waals surface area contributed by atoms with Crippen LogP contribution in [-0.4, -0.2) is 13.2 Å². The Morgan fingerprint density at radius 3 is 2.73 bits per heavy atom. The molecule has 0 amide bonds. The molecule has 0 unspecified atom stereocenters. The van der Waals surface area contributed by atoms with Gasteiger partial charge in [-0.1, -0.05) is 0 Å². The summed E-state index contributed by atoms with van der Waals surface area (Å²) in [5.74, 6) is 0. The maximum atomic E-state index is 5.36. The van der Waals surface area contributed by atoms with Gasteiger partial charge >= 0.3 is 0 Å². The summed E-state index contributed by atoms with van der Waals surface area (Å²) >= 11 is 4.02. The first kappa shape index (κ1) is 7.97. The average Bonchev–Trinajstić information content (AvgIpc) is 2.55. The fraction of sp³-hybridized carbons (Fsp3) is 0.429. The molecule has 0 aromatic carbocycles. The Morgan fingerprint density at radius 2 is 2.18 bits per heavy atom. The van der Waals surface area contributed by atoms with Crippen LogP contribution in [0.15, 0.2) is 11.4 Å². The molecule has 2 heterocycles. The minimum Gasteiger partial charge on any atom is -0.346 e. The van der Waals surface area contributed by atoms with E-state index in [4.69, 9.17) is 9.47 Å². The Balaban J connectivity index is 2.21. The van der Waals surface area contributed by atoms with Crippen LogP contribution in [0.25, 0.3) is 0 Å². The predicted octanol–water partition coefficient (Wildman–Crippen LogP) is 2.40.